The molecule has 1 aliphatic heterocycles. The Morgan fingerprint density at radius 3 is 2.30 bits per heavy atom. The lowest BCUT2D eigenvalue weighted by atomic mass is 9.82. The standard InChI is InChI=1S/C15H28N2O3/c1-11(15(2,3)4)9-16-10-13(18)17-7-5-12(6-8-17)14(19)20/h11-12,16H,5-10H2,1-4H3,(H,19,20). The van der Waals surface area contributed by atoms with E-state index in [-0.39, 0.29) is 17.2 Å². The van der Waals surface area contributed by atoms with Gasteiger partial charge in [-0.1, -0.05) is 27.7 Å². The van der Waals surface area contributed by atoms with Crippen molar-refractivity contribution in [2.24, 2.45) is 17.3 Å². The summed E-state index contributed by atoms with van der Waals surface area (Å²) in [6.45, 7) is 11.0. The van der Waals surface area contributed by atoms with E-state index in [1.807, 2.05) is 0 Å². The van der Waals surface area contributed by atoms with Gasteiger partial charge in [-0.15, -0.1) is 0 Å². The average molecular weight is 284 g/mol. The molecule has 1 rings (SSSR count). The monoisotopic (exact) mass is 284 g/mol. The second kappa shape index (κ2) is 7.07. The summed E-state index contributed by atoms with van der Waals surface area (Å²) in [7, 11) is 0. The number of carboxylic acid groups (broad SMARTS) is 1. The first kappa shape index (κ1) is 17.0. The summed E-state index contributed by atoms with van der Waals surface area (Å²) in [5.41, 5.74) is 0.232. The third-order valence-corrected chi connectivity index (χ3v) is 4.40. The van der Waals surface area contributed by atoms with Crippen LogP contribution >= 0.6 is 0 Å². The fourth-order valence-corrected chi connectivity index (χ4v) is 2.19. The molecule has 0 saturated carbocycles. The predicted molar refractivity (Wildman–Crippen MR) is 78.4 cm³/mol. The molecule has 0 bridgehead atoms. The van der Waals surface area contributed by atoms with E-state index in [0.29, 0.717) is 38.4 Å². The van der Waals surface area contributed by atoms with Crippen molar-refractivity contribution in [3.63, 3.8) is 0 Å². The van der Waals surface area contributed by atoms with Crippen molar-refractivity contribution < 1.29 is 14.7 Å². The van der Waals surface area contributed by atoms with Crippen LogP contribution in [-0.2, 0) is 9.59 Å². The van der Waals surface area contributed by atoms with E-state index in [9.17, 15) is 9.59 Å². The van der Waals surface area contributed by atoms with Gasteiger partial charge in [0, 0.05) is 13.1 Å². The van der Waals surface area contributed by atoms with Crippen molar-refractivity contribution in [3.8, 4) is 0 Å². The maximum atomic E-state index is 12.0. The van der Waals surface area contributed by atoms with E-state index >= 15 is 0 Å². The van der Waals surface area contributed by atoms with Crippen molar-refractivity contribution in [2.45, 2.75) is 40.5 Å². The van der Waals surface area contributed by atoms with Crippen LogP contribution in [0.4, 0.5) is 0 Å². The number of carboxylic acids is 1. The Morgan fingerprint density at radius 2 is 1.85 bits per heavy atom. The van der Waals surface area contributed by atoms with Crippen molar-refractivity contribution in [2.75, 3.05) is 26.2 Å². The summed E-state index contributed by atoms with van der Waals surface area (Å²) in [6, 6.07) is 0. The third-order valence-electron chi connectivity index (χ3n) is 4.40. The van der Waals surface area contributed by atoms with Gasteiger partial charge in [-0.2, -0.15) is 0 Å². The third kappa shape index (κ3) is 5.12. The van der Waals surface area contributed by atoms with Crippen LogP contribution < -0.4 is 5.32 Å². The van der Waals surface area contributed by atoms with Gasteiger partial charge in [-0.05, 0) is 30.7 Å². The van der Waals surface area contributed by atoms with Gasteiger partial charge in [0.15, 0.2) is 0 Å². The molecule has 0 aromatic carbocycles. The van der Waals surface area contributed by atoms with Gasteiger partial charge < -0.3 is 15.3 Å². The van der Waals surface area contributed by atoms with Crippen LogP contribution in [0.2, 0.25) is 0 Å². The quantitative estimate of drug-likeness (QED) is 0.804. The van der Waals surface area contributed by atoms with E-state index in [2.05, 4.69) is 33.0 Å². The number of nitrogens with one attached hydrogen (secondary N) is 1. The van der Waals surface area contributed by atoms with Crippen LogP contribution in [-0.4, -0.2) is 48.1 Å². The van der Waals surface area contributed by atoms with Crippen molar-refractivity contribution in [1.29, 1.82) is 0 Å². The summed E-state index contributed by atoms with van der Waals surface area (Å²) in [5, 5.41) is 12.1. The predicted octanol–water partition coefficient (Wildman–Crippen LogP) is 1.58. The second-order valence-electron chi connectivity index (χ2n) is 6.89. The van der Waals surface area contributed by atoms with Crippen molar-refractivity contribution >= 4 is 11.9 Å². The van der Waals surface area contributed by atoms with Crippen LogP contribution in [0, 0.1) is 17.3 Å². The molecule has 0 aromatic heterocycles. The first-order chi connectivity index (χ1) is 9.21. The van der Waals surface area contributed by atoms with Crippen LogP contribution in [0.1, 0.15) is 40.5 Å². The Balaban J connectivity index is 2.26. The first-order valence-corrected chi connectivity index (χ1v) is 7.43. The highest BCUT2D eigenvalue weighted by Crippen LogP contribution is 2.24. The molecular weight excluding hydrogens is 256 g/mol. The molecule has 1 aliphatic rings. The number of aliphatic carboxylic acids is 1. The van der Waals surface area contributed by atoms with Crippen LogP contribution in [0.3, 0.4) is 0 Å². The van der Waals surface area contributed by atoms with Crippen LogP contribution in [0.5, 0.6) is 0 Å². The number of hydrogen-bond donors (Lipinski definition) is 2. The molecule has 0 radical (unpaired) electrons. The normalized spacial score (nSPS) is 18.9. The maximum Gasteiger partial charge on any atom is 0.306 e. The average Bonchev–Trinajstić information content (AvgIpc) is 2.37. The van der Waals surface area contributed by atoms with E-state index in [0.717, 1.165) is 6.54 Å². The van der Waals surface area contributed by atoms with Crippen LogP contribution in [0.15, 0.2) is 0 Å². The molecule has 1 amide bonds. The fourth-order valence-electron chi connectivity index (χ4n) is 2.19. The Bertz CT molecular complexity index is 342. The Hall–Kier alpha value is -1.10. The highest BCUT2D eigenvalue weighted by molar-refractivity contribution is 5.78. The molecular formula is C15H28N2O3. The summed E-state index contributed by atoms with van der Waals surface area (Å²) in [5.74, 6) is -0.454. The smallest absolute Gasteiger partial charge is 0.306 e. The Kier molecular flexibility index (Phi) is 5.99. The lowest BCUT2D eigenvalue weighted by Gasteiger charge is -2.31. The number of piperidine rings is 1. The zero-order valence-electron chi connectivity index (χ0n) is 13.1. The molecule has 0 aromatic rings. The molecule has 1 heterocycles. The topological polar surface area (TPSA) is 69.6 Å². The molecule has 116 valence electrons. The summed E-state index contributed by atoms with van der Waals surface area (Å²) in [6.07, 6.45) is 1.14. The molecule has 20 heavy (non-hydrogen) atoms. The molecule has 1 unspecified atom stereocenters. The van der Waals surface area contributed by atoms with Gasteiger partial charge in [-0.25, -0.2) is 0 Å². The molecule has 5 nitrogen and oxygen atoms in total. The zero-order chi connectivity index (χ0) is 15.3. The minimum absolute atomic E-state index is 0.0787. The molecule has 1 fully saturated rings. The number of nitrogens with zero attached hydrogens (tertiary/aromatic N) is 1. The summed E-state index contributed by atoms with van der Waals surface area (Å²) < 4.78 is 0. The van der Waals surface area contributed by atoms with Gasteiger partial charge in [0.05, 0.1) is 12.5 Å². The highest BCUT2D eigenvalue weighted by Gasteiger charge is 2.27. The van der Waals surface area contributed by atoms with Gasteiger partial charge in [0.2, 0.25) is 5.91 Å². The number of rotatable bonds is 5. The molecule has 0 aliphatic carbocycles. The van der Waals surface area contributed by atoms with E-state index in [4.69, 9.17) is 5.11 Å². The van der Waals surface area contributed by atoms with Crippen molar-refractivity contribution in [3.05, 3.63) is 0 Å². The molecule has 0 spiro atoms. The Labute approximate surface area is 121 Å². The number of hydrogen-bond acceptors (Lipinski definition) is 3. The highest BCUT2D eigenvalue weighted by atomic mass is 16.4. The van der Waals surface area contributed by atoms with Gasteiger partial charge in [0.1, 0.15) is 0 Å². The molecule has 1 atom stereocenters. The maximum absolute atomic E-state index is 12.0. The van der Waals surface area contributed by atoms with Crippen molar-refractivity contribution in [1.82, 2.24) is 10.2 Å². The summed E-state index contributed by atoms with van der Waals surface area (Å²) >= 11 is 0. The van der Waals surface area contributed by atoms with Gasteiger partial charge in [-0.3, -0.25) is 9.59 Å². The van der Waals surface area contributed by atoms with Gasteiger partial charge >= 0.3 is 5.97 Å². The fraction of sp³-hybridized carbons (Fsp3) is 0.867. The molecule has 1 saturated heterocycles. The SMILES string of the molecule is CC(CNCC(=O)N1CCC(C(=O)O)CC1)C(C)(C)C. The summed E-state index contributed by atoms with van der Waals surface area (Å²) in [4.78, 5) is 24.6. The van der Waals surface area contributed by atoms with Gasteiger partial charge in [0.25, 0.3) is 0 Å². The largest absolute Gasteiger partial charge is 0.481 e. The molecule has 5 heteroatoms. The zero-order valence-corrected chi connectivity index (χ0v) is 13.1. The lowest BCUT2D eigenvalue weighted by Crippen LogP contribution is -2.45. The van der Waals surface area contributed by atoms with E-state index < -0.39 is 5.97 Å². The number of amides is 1. The van der Waals surface area contributed by atoms with Crippen LogP contribution in [0.25, 0.3) is 0 Å². The van der Waals surface area contributed by atoms with E-state index in [1.165, 1.54) is 0 Å². The minimum Gasteiger partial charge on any atom is -0.481 e. The number of carbonyl (C=O) groups is 2. The minimum atomic E-state index is -0.741. The first-order valence-electron chi connectivity index (χ1n) is 7.43. The lowest BCUT2D eigenvalue weighted by molar-refractivity contribution is -0.145. The second-order valence-corrected chi connectivity index (χ2v) is 6.89. The molecule has 2 N–H and O–H groups in total. The number of carbonyl (C=O) groups excluding carboxylic acids is 1. The van der Waals surface area contributed by atoms with E-state index in [1.54, 1.807) is 4.90 Å². The number of likely N-dealkylation sites (tertiary alicyclic amines) is 1. The Morgan fingerprint density at radius 1 is 1.30 bits per heavy atom.